The van der Waals surface area contributed by atoms with E-state index in [0.29, 0.717) is 11.1 Å². The summed E-state index contributed by atoms with van der Waals surface area (Å²) in [4.78, 5) is 0. The first-order valence-corrected chi connectivity index (χ1v) is 17.2. The Bertz CT molecular complexity index is 2590. The molecule has 0 bridgehead atoms. The fraction of sp³-hybridized carbons (Fsp3) is 0.174. The van der Waals surface area contributed by atoms with Gasteiger partial charge in [-0.15, -0.1) is 0 Å². The van der Waals surface area contributed by atoms with Gasteiger partial charge < -0.3 is 9.13 Å². The molecule has 0 aliphatic rings. The van der Waals surface area contributed by atoms with Gasteiger partial charge in [-0.2, -0.15) is 10.5 Å². The van der Waals surface area contributed by atoms with Crippen molar-refractivity contribution in [1.29, 1.82) is 10.5 Å². The number of aromatic nitrogens is 2. The van der Waals surface area contributed by atoms with Crippen LogP contribution in [0.3, 0.4) is 0 Å². The lowest BCUT2D eigenvalue weighted by Crippen LogP contribution is -2.11. The molecule has 6 aromatic carbocycles. The van der Waals surface area contributed by atoms with Crippen molar-refractivity contribution < 1.29 is 0 Å². The highest BCUT2D eigenvalue weighted by molar-refractivity contribution is 6.11. The smallest absolute Gasteiger partial charge is 0.104 e. The van der Waals surface area contributed by atoms with Gasteiger partial charge in [0.1, 0.15) is 11.6 Å². The number of nitriles is 2. The van der Waals surface area contributed by atoms with Crippen LogP contribution in [0.15, 0.2) is 121 Å². The lowest BCUT2D eigenvalue weighted by atomic mass is 9.86. The number of benzene rings is 6. The average molecular weight is 647 g/mol. The molecule has 0 atom stereocenters. The van der Waals surface area contributed by atoms with Gasteiger partial charge in [0.15, 0.2) is 0 Å². The van der Waals surface area contributed by atoms with Crippen LogP contribution in [0, 0.1) is 22.7 Å². The number of para-hydroxylation sites is 2. The summed E-state index contributed by atoms with van der Waals surface area (Å²) in [7, 11) is 0. The second-order valence-corrected chi connectivity index (χ2v) is 15.3. The van der Waals surface area contributed by atoms with Crippen molar-refractivity contribution >= 4 is 43.6 Å². The van der Waals surface area contributed by atoms with Crippen LogP contribution in [-0.2, 0) is 10.8 Å². The Morgan fingerprint density at radius 2 is 0.900 bits per heavy atom. The molecule has 0 aliphatic heterocycles. The lowest BCUT2D eigenvalue weighted by Gasteiger charge is -2.21. The molecule has 0 amide bonds. The minimum atomic E-state index is -0.0694. The maximum Gasteiger partial charge on any atom is 0.104 e. The maximum absolute atomic E-state index is 11.3. The van der Waals surface area contributed by atoms with E-state index in [1.165, 1.54) is 11.1 Å². The Hall–Kier alpha value is -6.10. The summed E-state index contributed by atoms with van der Waals surface area (Å²) in [5, 5.41) is 26.1. The van der Waals surface area contributed by atoms with E-state index in [9.17, 15) is 10.5 Å². The summed E-state index contributed by atoms with van der Waals surface area (Å²) in [6.45, 7) is 13.4. The number of hydrogen-bond acceptors (Lipinski definition) is 2. The van der Waals surface area contributed by atoms with Crippen LogP contribution in [0.2, 0.25) is 0 Å². The molecule has 0 fully saturated rings. The molecule has 0 saturated heterocycles. The quantitative estimate of drug-likeness (QED) is 0.192. The van der Waals surface area contributed by atoms with E-state index in [4.69, 9.17) is 0 Å². The molecule has 2 heterocycles. The monoisotopic (exact) mass is 646 g/mol. The van der Waals surface area contributed by atoms with Gasteiger partial charge in [0.25, 0.3) is 0 Å². The molecule has 0 unspecified atom stereocenters. The third-order valence-corrected chi connectivity index (χ3v) is 10.1. The van der Waals surface area contributed by atoms with Gasteiger partial charge in [-0.05, 0) is 75.5 Å². The van der Waals surface area contributed by atoms with Crippen molar-refractivity contribution in [2.75, 3.05) is 0 Å². The third kappa shape index (κ3) is 4.80. The molecule has 4 nitrogen and oxygen atoms in total. The Kier molecular flexibility index (Phi) is 7.00. The van der Waals surface area contributed by atoms with E-state index in [-0.39, 0.29) is 10.8 Å². The second-order valence-electron chi connectivity index (χ2n) is 15.3. The van der Waals surface area contributed by atoms with Gasteiger partial charge in [0.2, 0.25) is 0 Å². The molecule has 8 rings (SSSR count). The topological polar surface area (TPSA) is 57.4 Å². The van der Waals surface area contributed by atoms with Crippen molar-refractivity contribution in [2.45, 2.75) is 52.4 Å². The van der Waals surface area contributed by atoms with Gasteiger partial charge in [-0.3, -0.25) is 0 Å². The highest BCUT2D eigenvalue weighted by Crippen LogP contribution is 2.42. The van der Waals surface area contributed by atoms with Crippen LogP contribution >= 0.6 is 0 Å². The van der Waals surface area contributed by atoms with Gasteiger partial charge >= 0.3 is 0 Å². The van der Waals surface area contributed by atoms with Gasteiger partial charge in [-0.25, -0.2) is 0 Å². The standard InChI is InChI=1S/C46H38N4/c1-45(2,3)31-19-21-36-34-15-9-11-17-39(34)49(43(36)25-31)41-23-30(33-14-8-7-13-29(33)27-47)24-42(38(41)28-48)50-40-18-12-10-16-35(40)37-22-20-32(26-44(37)50)46(4,5)6/h7-26H,1-6H3. The first kappa shape index (κ1) is 31.2. The minimum absolute atomic E-state index is 0.0694. The molecule has 0 aliphatic carbocycles. The van der Waals surface area contributed by atoms with E-state index in [1.807, 2.05) is 24.3 Å². The van der Waals surface area contributed by atoms with E-state index in [2.05, 4.69) is 160 Å². The van der Waals surface area contributed by atoms with E-state index in [0.717, 1.165) is 66.1 Å². The molecule has 50 heavy (non-hydrogen) atoms. The zero-order chi connectivity index (χ0) is 34.9. The van der Waals surface area contributed by atoms with Crippen LogP contribution in [-0.4, -0.2) is 9.13 Å². The number of hydrogen-bond donors (Lipinski definition) is 0. The Morgan fingerprint density at radius 1 is 0.460 bits per heavy atom. The molecule has 0 N–H and O–H groups in total. The SMILES string of the molecule is CC(C)(C)c1ccc2c3ccccc3n(-c3cc(-c4ccccc4C#N)cc(-n4c5ccccc5c5ccc(C(C)(C)C)cc54)c3C#N)c2c1. The van der Waals surface area contributed by atoms with Gasteiger partial charge in [-0.1, -0.05) is 120 Å². The molecule has 8 aromatic rings. The van der Waals surface area contributed by atoms with E-state index < -0.39 is 0 Å². The van der Waals surface area contributed by atoms with Crippen LogP contribution in [0.25, 0.3) is 66.1 Å². The molecule has 0 saturated carbocycles. The zero-order valence-electron chi connectivity index (χ0n) is 29.3. The number of rotatable bonds is 3. The summed E-state index contributed by atoms with van der Waals surface area (Å²) >= 11 is 0. The Labute approximate surface area is 293 Å². The molecule has 4 heteroatoms. The predicted molar refractivity (Wildman–Crippen MR) is 207 cm³/mol. The molecule has 0 spiro atoms. The Morgan fingerprint density at radius 3 is 1.36 bits per heavy atom. The van der Waals surface area contributed by atoms with Crippen molar-refractivity contribution in [3.8, 4) is 34.6 Å². The number of fused-ring (bicyclic) bond motifs is 6. The highest BCUT2D eigenvalue weighted by Gasteiger charge is 2.25. The molecular formula is C46H38N4. The lowest BCUT2D eigenvalue weighted by molar-refractivity contribution is 0.590. The molecule has 2 aromatic heterocycles. The second kappa shape index (κ2) is 11.2. The minimum Gasteiger partial charge on any atom is -0.308 e. The van der Waals surface area contributed by atoms with Crippen LogP contribution in [0.5, 0.6) is 0 Å². The summed E-state index contributed by atoms with van der Waals surface area (Å²) in [5.74, 6) is 0. The summed E-state index contributed by atoms with van der Waals surface area (Å²) in [6.07, 6.45) is 0. The van der Waals surface area contributed by atoms with Crippen molar-refractivity contribution in [3.05, 3.63) is 144 Å². The molecular weight excluding hydrogens is 609 g/mol. The fourth-order valence-corrected chi connectivity index (χ4v) is 7.46. The fourth-order valence-electron chi connectivity index (χ4n) is 7.46. The van der Waals surface area contributed by atoms with Gasteiger partial charge in [0, 0.05) is 21.5 Å². The largest absolute Gasteiger partial charge is 0.308 e. The van der Waals surface area contributed by atoms with Crippen LogP contribution in [0.1, 0.15) is 63.8 Å². The Balaban J connectivity index is 1.58. The summed E-state index contributed by atoms with van der Waals surface area (Å²) in [6, 6.07) is 47.3. The summed E-state index contributed by atoms with van der Waals surface area (Å²) in [5.41, 5.74) is 10.9. The first-order valence-electron chi connectivity index (χ1n) is 17.2. The van der Waals surface area contributed by atoms with Crippen molar-refractivity contribution in [1.82, 2.24) is 9.13 Å². The maximum atomic E-state index is 11.3. The zero-order valence-corrected chi connectivity index (χ0v) is 29.3. The highest BCUT2D eigenvalue weighted by atomic mass is 15.0. The summed E-state index contributed by atoms with van der Waals surface area (Å²) < 4.78 is 4.52. The normalized spacial score (nSPS) is 12.2. The van der Waals surface area contributed by atoms with Crippen molar-refractivity contribution in [2.24, 2.45) is 0 Å². The average Bonchev–Trinajstić information content (AvgIpc) is 3.62. The van der Waals surface area contributed by atoms with E-state index >= 15 is 0 Å². The van der Waals surface area contributed by atoms with E-state index in [1.54, 1.807) is 0 Å². The molecule has 0 radical (unpaired) electrons. The molecule has 242 valence electrons. The predicted octanol–water partition coefficient (Wildman–Crippen LogP) is 11.9. The van der Waals surface area contributed by atoms with Crippen LogP contribution < -0.4 is 0 Å². The van der Waals surface area contributed by atoms with Crippen molar-refractivity contribution in [3.63, 3.8) is 0 Å². The van der Waals surface area contributed by atoms with Gasteiger partial charge in [0.05, 0.1) is 45.1 Å². The van der Waals surface area contributed by atoms with Crippen LogP contribution in [0.4, 0.5) is 0 Å². The third-order valence-electron chi connectivity index (χ3n) is 10.1. The first-order chi connectivity index (χ1) is 24.0. The number of nitrogens with zero attached hydrogens (tertiary/aromatic N) is 4.